The van der Waals surface area contributed by atoms with Crippen LogP contribution in [0.4, 0.5) is 5.13 Å². The number of esters is 1. The average molecular weight is 374 g/mol. The monoisotopic (exact) mass is 374 g/mol. The highest BCUT2D eigenvalue weighted by atomic mass is 32.1. The second-order valence-electron chi connectivity index (χ2n) is 5.74. The number of rotatable bonds is 6. The molecule has 10 heteroatoms. The van der Waals surface area contributed by atoms with E-state index in [1.807, 2.05) is 26.2 Å². The summed E-state index contributed by atoms with van der Waals surface area (Å²) in [5, 5.41) is 9.02. The highest BCUT2D eigenvalue weighted by molar-refractivity contribution is 7.13. The molecule has 0 radical (unpaired) electrons. The zero-order valence-electron chi connectivity index (χ0n) is 14.6. The predicted octanol–water partition coefficient (Wildman–Crippen LogP) is 1.62. The summed E-state index contributed by atoms with van der Waals surface area (Å²) in [7, 11) is 0. The van der Waals surface area contributed by atoms with Gasteiger partial charge >= 0.3 is 5.97 Å². The van der Waals surface area contributed by atoms with E-state index in [1.54, 1.807) is 4.52 Å². The van der Waals surface area contributed by atoms with Crippen molar-refractivity contribution >= 4 is 34.1 Å². The van der Waals surface area contributed by atoms with Gasteiger partial charge in [0.1, 0.15) is 6.33 Å². The second-order valence-corrected chi connectivity index (χ2v) is 6.59. The van der Waals surface area contributed by atoms with Gasteiger partial charge in [0.15, 0.2) is 11.7 Å². The number of fused-ring (bicyclic) bond motifs is 1. The standard InChI is InChI=1S/C16H18N6O3S/c1-9-7-26-16(19-9)21-13(23)6-25-14(24)5-4-12-10(2)20-15-17-8-18-22(15)11(12)3/h7-8H,4-6H2,1-3H3,(H,19,21,23). The first-order valence-corrected chi connectivity index (χ1v) is 8.85. The molecule has 3 aromatic rings. The normalized spacial score (nSPS) is 10.9. The molecular formula is C16H18N6O3S. The molecule has 0 aliphatic rings. The first-order chi connectivity index (χ1) is 12.4. The summed E-state index contributed by atoms with van der Waals surface area (Å²) in [5.74, 6) is -0.334. The van der Waals surface area contributed by atoms with Gasteiger partial charge in [0.2, 0.25) is 0 Å². The van der Waals surface area contributed by atoms with E-state index in [-0.39, 0.29) is 13.0 Å². The lowest BCUT2D eigenvalue weighted by molar-refractivity contribution is -0.147. The van der Waals surface area contributed by atoms with Crippen molar-refractivity contribution in [3.8, 4) is 0 Å². The molecule has 3 rings (SSSR count). The van der Waals surface area contributed by atoms with Crippen LogP contribution in [-0.2, 0) is 20.7 Å². The Hall–Kier alpha value is -2.88. The third-order valence-corrected chi connectivity index (χ3v) is 4.67. The number of nitrogens with zero attached hydrogens (tertiary/aromatic N) is 5. The van der Waals surface area contributed by atoms with Crippen LogP contribution in [0.1, 0.15) is 29.1 Å². The number of anilines is 1. The van der Waals surface area contributed by atoms with Gasteiger partial charge < -0.3 is 4.74 Å². The Morgan fingerprint density at radius 2 is 2.08 bits per heavy atom. The zero-order valence-corrected chi connectivity index (χ0v) is 15.5. The molecule has 0 saturated heterocycles. The molecule has 1 amide bonds. The highest BCUT2D eigenvalue weighted by Gasteiger charge is 2.14. The summed E-state index contributed by atoms with van der Waals surface area (Å²) in [6.45, 7) is 5.27. The predicted molar refractivity (Wildman–Crippen MR) is 95.0 cm³/mol. The van der Waals surface area contributed by atoms with Crippen LogP contribution in [0.15, 0.2) is 11.7 Å². The number of ether oxygens (including phenoxy) is 1. The maximum atomic E-state index is 11.9. The maximum Gasteiger partial charge on any atom is 0.306 e. The molecule has 0 spiro atoms. The number of hydrogen-bond donors (Lipinski definition) is 1. The summed E-state index contributed by atoms with van der Waals surface area (Å²) in [6, 6.07) is 0. The number of aromatic nitrogens is 5. The average Bonchev–Trinajstić information content (AvgIpc) is 3.21. The summed E-state index contributed by atoms with van der Waals surface area (Å²) >= 11 is 1.32. The van der Waals surface area contributed by atoms with E-state index in [0.717, 1.165) is 22.6 Å². The number of thiazole rings is 1. The Balaban J connectivity index is 1.52. The zero-order chi connectivity index (χ0) is 18.7. The number of carbonyl (C=O) groups excluding carboxylic acids is 2. The molecule has 0 saturated carbocycles. The largest absolute Gasteiger partial charge is 0.456 e. The molecule has 3 heterocycles. The topological polar surface area (TPSA) is 111 Å². The minimum absolute atomic E-state index is 0.146. The number of aryl methyl sites for hydroxylation is 3. The third-order valence-electron chi connectivity index (χ3n) is 3.80. The van der Waals surface area contributed by atoms with Crippen LogP contribution in [-0.4, -0.2) is 43.0 Å². The van der Waals surface area contributed by atoms with Crippen molar-refractivity contribution < 1.29 is 14.3 Å². The van der Waals surface area contributed by atoms with Crippen LogP contribution in [0.3, 0.4) is 0 Å². The van der Waals surface area contributed by atoms with Gasteiger partial charge in [-0.2, -0.15) is 10.1 Å². The van der Waals surface area contributed by atoms with Crippen molar-refractivity contribution in [3.63, 3.8) is 0 Å². The molecule has 26 heavy (non-hydrogen) atoms. The van der Waals surface area contributed by atoms with Gasteiger partial charge in [-0.15, -0.1) is 11.3 Å². The lowest BCUT2D eigenvalue weighted by atomic mass is 10.1. The van der Waals surface area contributed by atoms with Gasteiger partial charge in [-0.25, -0.2) is 14.5 Å². The van der Waals surface area contributed by atoms with E-state index >= 15 is 0 Å². The van der Waals surface area contributed by atoms with E-state index in [4.69, 9.17) is 4.74 Å². The van der Waals surface area contributed by atoms with E-state index in [2.05, 4.69) is 25.4 Å². The fraction of sp³-hybridized carbons (Fsp3) is 0.375. The Morgan fingerprint density at radius 1 is 1.27 bits per heavy atom. The van der Waals surface area contributed by atoms with Gasteiger partial charge in [-0.1, -0.05) is 0 Å². The van der Waals surface area contributed by atoms with Crippen molar-refractivity contribution in [2.75, 3.05) is 11.9 Å². The molecule has 0 aromatic carbocycles. The van der Waals surface area contributed by atoms with Crippen LogP contribution in [0.5, 0.6) is 0 Å². The summed E-state index contributed by atoms with van der Waals surface area (Å²) in [5.41, 5.74) is 3.43. The molecular weight excluding hydrogens is 356 g/mol. The van der Waals surface area contributed by atoms with Crippen LogP contribution >= 0.6 is 11.3 Å². The number of carbonyl (C=O) groups is 2. The summed E-state index contributed by atoms with van der Waals surface area (Å²) in [6.07, 6.45) is 2.04. The van der Waals surface area contributed by atoms with Crippen molar-refractivity contribution in [2.45, 2.75) is 33.6 Å². The molecule has 0 atom stereocenters. The van der Waals surface area contributed by atoms with Gasteiger partial charge in [0.25, 0.3) is 11.7 Å². The molecule has 9 nitrogen and oxygen atoms in total. The quantitative estimate of drug-likeness (QED) is 0.653. The third kappa shape index (κ3) is 4.02. The summed E-state index contributed by atoms with van der Waals surface area (Å²) in [4.78, 5) is 36.3. The molecule has 0 aliphatic heterocycles. The molecule has 0 fully saturated rings. The SMILES string of the molecule is Cc1csc(NC(=O)COC(=O)CCc2c(C)nc3ncnn3c2C)n1. The van der Waals surface area contributed by atoms with Crippen molar-refractivity contribution in [3.05, 3.63) is 34.4 Å². The van der Waals surface area contributed by atoms with E-state index in [9.17, 15) is 9.59 Å². The van der Waals surface area contributed by atoms with Crippen molar-refractivity contribution in [1.82, 2.24) is 24.6 Å². The first-order valence-electron chi connectivity index (χ1n) is 7.97. The molecule has 0 unspecified atom stereocenters. The van der Waals surface area contributed by atoms with Crippen molar-refractivity contribution in [1.29, 1.82) is 0 Å². The Morgan fingerprint density at radius 3 is 2.81 bits per heavy atom. The van der Waals surface area contributed by atoms with Crippen LogP contribution in [0.2, 0.25) is 0 Å². The fourth-order valence-corrected chi connectivity index (χ4v) is 3.23. The first kappa shape index (κ1) is 17.9. The Labute approximate surface area is 153 Å². The molecule has 1 N–H and O–H groups in total. The Kier molecular flexibility index (Phi) is 5.21. The number of amides is 1. The molecule has 136 valence electrons. The molecule has 0 bridgehead atoms. The van der Waals surface area contributed by atoms with Crippen LogP contribution < -0.4 is 5.32 Å². The lowest BCUT2D eigenvalue weighted by Gasteiger charge is -2.10. The van der Waals surface area contributed by atoms with E-state index in [0.29, 0.717) is 17.3 Å². The fourth-order valence-electron chi connectivity index (χ4n) is 2.53. The van der Waals surface area contributed by atoms with Crippen LogP contribution in [0.25, 0.3) is 5.78 Å². The number of nitrogens with one attached hydrogen (secondary N) is 1. The van der Waals surface area contributed by atoms with E-state index < -0.39 is 11.9 Å². The van der Waals surface area contributed by atoms with Gasteiger partial charge in [-0.05, 0) is 32.8 Å². The van der Waals surface area contributed by atoms with Crippen molar-refractivity contribution in [2.24, 2.45) is 0 Å². The smallest absolute Gasteiger partial charge is 0.306 e. The van der Waals surface area contributed by atoms with Gasteiger partial charge in [-0.3, -0.25) is 14.9 Å². The van der Waals surface area contributed by atoms with Gasteiger partial charge in [0, 0.05) is 23.2 Å². The minimum Gasteiger partial charge on any atom is -0.456 e. The summed E-state index contributed by atoms with van der Waals surface area (Å²) < 4.78 is 6.66. The minimum atomic E-state index is -0.451. The number of hydrogen-bond acceptors (Lipinski definition) is 8. The van der Waals surface area contributed by atoms with E-state index in [1.165, 1.54) is 17.7 Å². The molecule has 0 aliphatic carbocycles. The highest BCUT2D eigenvalue weighted by Crippen LogP contribution is 2.16. The molecule has 3 aromatic heterocycles. The lowest BCUT2D eigenvalue weighted by Crippen LogP contribution is -2.21. The van der Waals surface area contributed by atoms with Crippen LogP contribution in [0, 0.1) is 20.8 Å². The maximum absolute atomic E-state index is 11.9. The Bertz CT molecular complexity index is 964. The second kappa shape index (κ2) is 7.56. The van der Waals surface area contributed by atoms with Gasteiger partial charge in [0.05, 0.1) is 5.69 Å².